The van der Waals surface area contributed by atoms with Gasteiger partial charge in [0.05, 0.1) is 12.8 Å². The van der Waals surface area contributed by atoms with E-state index >= 15 is 0 Å². The molecule has 2 amide bonds. The lowest BCUT2D eigenvalue weighted by Gasteiger charge is -2.10. The second-order valence-corrected chi connectivity index (χ2v) is 4.21. The van der Waals surface area contributed by atoms with E-state index in [0.717, 1.165) is 5.56 Å². The van der Waals surface area contributed by atoms with Crippen molar-refractivity contribution in [3.8, 4) is 0 Å². The van der Waals surface area contributed by atoms with Gasteiger partial charge in [-0.3, -0.25) is 9.59 Å². The molecule has 2 rings (SSSR count). The number of hydrogen-bond acceptors (Lipinski definition) is 4. The van der Waals surface area contributed by atoms with Crippen molar-refractivity contribution in [3.63, 3.8) is 0 Å². The molecule has 0 fully saturated rings. The number of aryl methyl sites for hydroxylation is 1. The van der Waals surface area contributed by atoms with E-state index in [9.17, 15) is 9.59 Å². The molecule has 0 aliphatic rings. The third kappa shape index (κ3) is 3.24. The van der Waals surface area contributed by atoms with Crippen molar-refractivity contribution in [2.45, 2.75) is 6.92 Å². The highest BCUT2D eigenvalue weighted by molar-refractivity contribution is 6.03. The monoisotopic (exact) mass is 273 g/mol. The Morgan fingerprint density at radius 1 is 1.25 bits per heavy atom. The lowest BCUT2D eigenvalue weighted by atomic mass is 10.1. The largest absolute Gasteiger partial charge is 0.459 e. The van der Waals surface area contributed by atoms with Crippen LogP contribution in [0, 0.1) is 6.92 Å². The minimum Gasteiger partial charge on any atom is -0.459 e. The predicted octanol–water partition coefficient (Wildman–Crippen LogP) is 1.74. The van der Waals surface area contributed by atoms with Crippen LogP contribution in [0.3, 0.4) is 0 Å². The SMILES string of the molecule is Cc1ccc(NC(=O)CN)cc1NC(=O)c1ccco1. The summed E-state index contributed by atoms with van der Waals surface area (Å²) in [6.45, 7) is 1.76. The van der Waals surface area contributed by atoms with E-state index in [1.807, 2.05) is 6.92 Å². The van der Waals surface area contributed by atoms with Crippen LogP contribution in [0.4, 0.5) is 11.4 Å². The van der Waals surface area contributed by atoms with Crippen molar-refractivity contribution in [2.24, 2.45) is 5.73 Å². The molecular weight excluding hydrogens is 258 g/mol. The van der Waals surface area contributed by atoms with Crippen LogP contribution >= 0.6 is 0 Å². The average Bonchev–Trinajstić information content (AvgIpc) is 2.96. The molecule has 0 saturated heterocycles. The zero-order valence-corrected chi connectivity index (χ0v) is 11.0. The number of nitrogens with one attached hydrogen (secondary N) is 2. The molecule has 104 valence electrons. The van der Waals surface area contributed by atoms with E-state index in [1.165, 1.54) is 6.26 Å². The first kappa shape index (κ1) is 13.8. The second kappa shape index (κ2) is 6.03. The molecule has 1 aromatic carbocycles. The smallest absolute Gasteiger partial charge is 0.291 e. The minimum atomic E-state index is -0.347. The molecule has 1 aromatic heterocycles. The standard InChI is InChI=1S/C14H15N3O3/c1-9-4-5-10(16-13(18)8-15)7-11(9)17-14(19)12-3-2-6-20-12/h2-7H,8,15H2,1H3,(H,16,18)(H,17,19). The van der Waals surface area contributed by atoms with Crippen molar-refractivity contribution in [2.75, 3.05) is 17.2 Å². The van der Waals surface area contributed by atoms with Crippen molar-refractivity contribution in [1.29, 1.82) is 0 Å². The zero-order chi connectivity index (χ0) is 14.5. The summed E-state index contributed by atoms with van der Waals surface area (Å²) >= 11 is 0. The molecule has 0 bridgehead atoms. The summed E-state index contributed by atoms with van der Waals surface area (Å²) in [5.41, 5.74) is 7.28. The van der Waals surface area contributed by atoms with Crippen LogP contribution in [0.15, 0.2) is 41.0 Å². The van der Waals surface area contributed by atoms with Gasteiger partial charge in [-0.05, 0) is 36.8 Å². The van der Waals surface area contributed by atoms with Gasteiger partial charge in [0.1, 0.15) is 0 Å². The number of rotatable bonds is 4. The first-order valence-corrected chi connectivity index (χ1v) is 6.05. The molecule has 20 heavy (non-hydrogen) atoms. The molecular formula is C14H15N3O3. The highest BCUT2D eigenvalue weighted by Crippen LogP contribution is 2.21. The van der Waals surface area contributed by atoms with Crippen LogP contribution in [0.1, 0.15) is 16.1 Å². The summed E-state index contributed by atoms with van der Waals surface area (Å²) in [7, 11) is 0. The Bertz CT molecular complexity index is 621. The molecule has 0 aliphatic carbocycles. The quantitative estimate of drug-likeness (QED) is 0.790. The third-order valence-electron chi connectivity index (χ3n) is 2.70. The molecule has 0 saturated carbocycles. The van der Waals surface area contributed by atoms with E-state index in [4.69, 9.17) is 10.2 Å². The maximum atomic E-state index is 11.9. The van der Waals surface area contributed by atoms with E-state index < -0.39 is 0 Å². The van der Waals surface area contributed by atoms with Gasteiger partial charge in [-0.15, -0.1) is 0 Å². The number of furan rings is 1. The van der Waals surface area contributed by atoms with E-state index in [0.29, 0.717) is 11.4 Å². The number of amides is 2. The molecule has 6 nitrogen and oxygen atoms in total. The summed E-state index contributed by atoms with van der Waals surface area (Å²) < 4.78 is 5.02. The maximum Gasteiger partial charge on any atom is 0.291 e. The normalized spacial score (nSPS) is 10.1. The first-order chi connectivity index (χ1) is 9.60. The number of hydrogen-bond donors (Lipinski definition) is 3. The fraction of sp³-hybridized carbons (Fsp3) is 0.143. The highest BCUT2D eigenvalue weighted by Gasteiger charge is 2.11. The zero-order valence-electron chi connectivity index (χ0n) is 11.0. The molecule has 0 aliphatic heterocycles. The molecule has 0 unspecified atom stereocenters. The van der Waals surface area contributed by atoms with Gasteiger partial charge >= 0.3 is 0 Å². The third-order valence-corrected chi connectivity index (χ3v) is 2.70. The number of nitrogens with two attached hydrogens (primary N) is 1. The Labute approximate surface area is 116 Å². The predicted molar refractivity (Wildman–Crippen MR) is 75.5 cm³/mol. The van der Waals surface area contributed by atoms with E-state index in [-0.39, 0.29) is 24.1 Å². The molecule has 4 N–H and O–H groups in total. The Kier molecular flexibility index (Phi) is 4.17. The summed E-state index contributed by atoms with van der Waals surface area (Å²) in [5, 5.41) is 5.36. The van der Waals surface area contributed by atoms with Gasteiger partial charge in [-0.1, -0.05) is 6.07 Å². The van der Waals surface area contributed by atoms with Crippen molar-refractivity contribution in [1.82, 2.24) is 0 Å². The summed E-state index contributed by atoms with van der Waals surface area (Å²) in [6.07, 6.45) is 1.43. The summed E-state index contributed by atoms with van der Waals surface area (Å²) in [6, 6.07) is 8.42. The lowest BCUT2D eigenvalue weighted by Crippen LogP contribution is -2.22. The molecule has 6 heteroatoms. The number of anilines is 2. The van der Waals surface area contributed by atoms with Gasteiger partial charge in [0.15, 0.2) is 5.76 Å². The maximum absolute atomic E-state index is 11.9. The van der Waals surface area contributed by atoms with Crippen molar-refractivity contribution >= 4 is 23.2 Å². The molecule has 1 heterocycles. The van der Waals surface area contributed by atoms with Crippen LogP contribution < -0.4 is 16.4 Å². The second-order valence-electron chi connectivity index (χ2n) is 4.21. The van der Waals surface area contributed by atoms with Crippen LogP contribution in [-0.4, -0.2) is 18.4 Å². The minimum absolute atomic E-state index is 0.0953. The fourth-order valence-corrected chi connectivity index (χ4v) is 1.64. The Hall–Kier alpha value is -2.60. The fourth-order valence-electron chi connectivity index (χ4n) is 1.64. The van der Waals surface area contributed by atoms with Crippen LogP contribution in [0.2, 0.25) is 0 Å². The first-order valence-electron chi connectivity index (χ1n) is 6.05. The average molecular weight is 273 g/mol. The summed E-state index contributed by atoms with van der Waals surface area (Å²) in [4.78, 5) is 23.2. The number of benzene rings is 1. The lowest BCUT2D eigenvalue weighted by molar-refractivity contribution is -0.114. The topological polar surface area (TPSA) is 97.4 Å². The van der Waals surface area contributed by atoms with Crippen LogP contribution in [0.5, 0.6) is 0 Å². The van der Waals surface area contributed by atoms with Crippen molar-refractivity contribution in [3.05, 3.63) is 47.9 Å². The van der Waals surface area contributed by atoms with Gasteiger partial charge in [0.2, 0.25) is 5.91 Å². The van der Waals surface area contributed by atoms with E-state index in [1.54, 1.807) is 30.3 Å². The van der Waals surface area contributed by atoms with Gasteiger partial charge in [-0.2, -0.15) is 0 Å². The van der Waals surface area contributed by atoms with Crippen LogP contribution in [0.25, 0.3) is 0 Å². The molecule has 2 aromatic rings. The number of carbonyl (C=O) groups is 2. The van der Waals surface area contributed by atoms with Gasteiger partial charge in [0, 0.05) is 11.4 Å². The Morgan fingerprint density at radius 3 is 2.70 bits per heavy atom. The van der Waals surface area contributed by atoms with E-state index in [2.05, 4.69) is 10.6 Å². The Morgan fingerprint density at radius 2 is 2.05 bits per heavy atom. The number of carbonyl (C=O) groups excluding carboxylic acids is 2. The molecule has 0 radical (unpaired) electrons. The summed E-state index contributed by atoms with van der Waals surface area (Å²) in [5.74, 6) is -0.418. The van der Waals surface area contributed by atoms with Crippen molar-refractivity contribution < 1.29 is 14.0 Å². The van der Waals surface area contributed by atoms with Gasteiger partial charge < -0.3 is 20.8 Å². The highest BCUT2D eigenvalue weighted by atomic mass is 16.3. The van der Waals surface area contributed by atoms with Crippen LogP contribution in [-0.2, 0) is 4.79 Å². The van der Waals surface area contributed by atoms with Gasteiger partial charge in [-0.25, -0.2) is 0 Å². The molecule has 0 atom stereocenters. The van der Waals surface area contributed by atoms with Gasteiger partial charge in [0.25, 0.3) is 5.91 Å². The molecule has 0 spiro atoms. The Balaban J connectivity index is 2.16.